The van der Waals surface area contributed by atoms with E-state index >= 15 is 0 Å². The standard InChI is InChI=1S/C6H19Cl3N2Si3/c1-12(2,3)10-14(6,9)11(7)13(4,5)8/h10H,1-6H3. The fraction of sp³-hybridized carbons (Fsp3) is 1.00. The lowest BCUT2D eigenvalue weighted by atomic mass is 11.8. The molecule has 0 heterocycles. The van der Waals surface area contributed by atoms with Crippen molar-refractivity contribution in [2.45, 2.75) is 39.3 Å². The van der Waals surface area contributed by atoms with Crippen LogP contribution in [0.5, 0.6) is 0 Å². The first-order valence-corrected chi connectivity index (χ1v) is 15.8. The van der Waals surface area contributed by atoms with Crippen molar-refractivity contribution in [1.29, 1.82) is 0 Å². The number of nitrogens with zero attached hydrogens (tertiary/aromatic N) is 1. The first kappa shape index (κ1) is 15.4. The van der Waals surface area contributed by atoms with E-state index in [1.807, 2.05) is 19.6 Å². The number of nitrogens with one attached hydrogen (secondary N) is 1. The van der Waals surface area contributed by atoms with E-state index in [-0.39, 0.29) is 0 Å². The van der Waals surface area contributed by atoms with Crippen LogP contribution in [0.4, 0.5) is 0 Å². The SMILES string of the molecule is C[Si](C)(C)N[Si](C)(Cl)N(Cl)[Si](C)(C)Cl. The second kappa shape index (κ2) is 4.75. The monoisotopic (exact) mass is 308 g/mol. The van der Waals surface area contributed by atoms with Gasteiger partial charge in [0.2, 0.25) is 7.55 Å². The molecule has 0 amide bonds. The summed E-state index contributed by atoms with van der Waals surface area (Å²) in [5.41, 5.74) is 0. The summed E-state index contributed by atoms with van der Waals surface area (Å²) in [6.07, 6.45) is 0. The highest BCUT2D eigenvalue weighted by atomic mass is 35.6. The fourth-order valence-electron chi connectivity index (χ4n) is 1.23. The Morgan fingerprint density at radius 1 is 0.929 bits per heavy atom. The van der Waals surface area contributed by atoms with Gasteiger partial charge in [-0.2, -0.15) is 0 Å². The minimum absolute atomic E-state index is 1.42. The minimum Gasteiger partial charge on any atom is -0.335 e. The minimum atomic E-state index is -2.27. The van der Waals surface area contributed by atoms with E-state index in [0.717, 1.165) is 0 Å². The Morgan fingerprint density at radius 2 is 1.29 bits per heavy atom. The molecular weight excluding hydrogens is 291 g/mol. The fourth-order valence-corrected chi connectivity index (χ4v) is 18.3. The number of hydrogen-bond donors (Lipinski definition) is 1. The molecule has 1 N–H and O–H groups in total. The largest absolute Gasteiger partial charge is 0.335 e. The van der Waals surface area contributed by atoms with Crippen molar-refractivity contribution < 1.29 is 0 Å². The van der Waals surface area contributed by atoms with Crippen LogP contribution in [-0.2, 0) is 0 Å². The summed E-state index contributed by atoms with van der Waals surface area (Å²) in [7, 11) is -5.72. The van der Waals surface area contributed by atoms with E-state index in [4.69, 9.17) is 33.9 Å². The molecular formula is C6H19Cl3N2Si3. The molecule has 0 bridgehead atoms. The molecule has 0 aliphatic rings. The number of hydrogen-bond acceptors (Lipinski definition) is 2. The van der Waals surface area contributed by atoms with Crippen LogP contribution in [0.25, 0.3) is 0 Å². The highest BCUT2D eigenvalue weighted by Crippen LogP contribution is 2.27. The Balaban J connectivity index is 4.63. The van der Waals surface area contributed by atoms with Gasteiger partial charge >= 0.3 is 7.71 Å². The topological polar surface area (TPSA) is 15.3 Å². The van der Waals surface area contributed by atoms with Gasteiger partial charge in [-0.15, -0.1) is 22.2 Å². The molecule has 0 aromatic heterocycles. The predicted molar refractivity (Wildman–Crippen MR) is 75.0 cm³/mol. The van der Waals surface area contributed by atoms with Gasteiger partial charge in [0, 0.05) is 0 Å². The summed E-state index contributed by atoms with van der Waals surface area (Å²) < 4.78 is 5.17. The number of rotatable bonds is 4. The molecule has 0 aliphatic heterocycles. The van der Waals surface area contributed by atoms with E-state index < -0.39 is 23.5 Å². The molecule has 0 saturated carbocycles. The van der Waals surface area contributed by atoms with Crippen LogP contribution in [0.3, 0.4) is 0 Å². The molecule has 2 nitrogen and oxygen atoms in total. The van der Waals surface area contributed by atoms with Gasteiger partial charge in [-0.05, 0) is 31.4 Å². The van der Waals surface area contributed by atoms with Gasteiger partial charge in [-0.3, -0.25) is 0 Å². The molecule has 0 aliphatic carbocycles. The second-order valence-corrected chi connectivity index (χ2v) is 22.5. The van der Waals surface area contributed by atoms with Crippen LogP contribution in [0.2, 0.25) is 39.3 Å². The van der Waals surface area contributed by atoms with Gasteiger partial charge in [0.1, 0.15) is 8.24 Å². The summed E-state index contributed by atoms with van der Waals surface area (Å²) in [5, 5.41) is 0. The lowest BCUT2D eigenvalue weighted by Crippen LogP contribution is -2.67. The molecule has 1 atom stereocenters. The summed E-state index contributed by atoms with van der Waals surface area (Å²) in [4.78, 5) is 0. The van der Waals surface area contributed by atoms with Crippen LogP contribution in [0.1, 0.15) is 0 Å². The molecule has 0 aromatic carbocycles. The Morgan fingerprint density at radius 3 is 1.50 bits per heavy atom. The lowest BCUT2D eigenvalue weighted by molar-refractivity contribution is 0.986. The van der Waals surface area contributed by atoms with E-state index in [1.54, 1.807) is 3.75 Å². The molecule has 86 valence electrons. The van der Waals surface area contributed by atoms with Crippen molar-refractivity contribution in [1.82, 2.24) is 8.40 Å². The average Bonchev–Trinajstić information content (AvgIpc) is 1.78. The van der Waals surface area contributed by atoms with Crippen molar-refractivity contribution in [3.63, 3.8) is 0 Å². The zero-order valence-electron chi connectivity index (χ0n) is 9.58. The maximum atomic E-state index is 6.46. The van der Waals surface area contributed by atoms with Gasteiger partial charge in [0.25, 0.3) is 0 Å². The van der Waals surface area contributed by atoms with E-state index in [1.165, 1.54) is 0 Å². The van der Waals surface area contributed by atoms with Gasteiger partial charge in [0.05, 0.1) is 0 Å². The molecule has 0 fully saturated rings. The quantitative estimate of drug-likeness (QED) is 0.485. The molecule has 1 unspecified atom stereocenters. The maximum absolute atomic E-state index is 6.46. The molecule has 14 heavy (non-hydrogen) atoms. The number of halogens is 3. The molecule has 8 heteroatoms. The molecule has 0 saturated heterocycles. The lowest BCUT2D eigenvalue weighted by Gasteiger charge is -2.39. The average molecular weight is 310 g/mol. The Bertz CT molecular complexity index is 199. The Kier molecular flexibility index (Phi) is 5.24. The van der Waals surface area contributed by atoms with Crippen LogP contribution in [0.15, 0.2) is 0 Å². The zero-order valence-corrected chi connectivity index (χ0v) is 14.8. The summed E-state index contributed by atoms with van der Waals surface area (Å²) in [6, 6.07) is 0. The molecule has 0 spiro atoms. The van der Waals surface area contributed by atoms with Gasteiger partial charge in [0.15, 0.2) is 0 Å². The second-order valence-electron chi connectivity index (χ2n) is 5.02. The highest BCUT2D eigenvalue weighted by Gasteiger charge is 2.44. The van der Waals surface area contributed by atoms with Crippen molar-refractivity contribution in [2.75, 3.05) is 0 Å². The Labute approximate surface area is 105 Å². The molecule has 0 aromatic rings. The van der Waals surface area contributed by atoms with Crippen LogP contribution in [-0.4, -0.2) is 27.2 Å². The first-order chi connectivity index (χ1) is 5.86. The molecule has 0 rings (SSSR count). The molecule has 0 radical (unpaired) electrons. The van der Waals surface area contributed by atoms with Crippen LogP contribution < -0.4 is 4.65 Å². The predicted octanol–water partition coefficient (Wildman–Crippen LogP) is 3.61. The third kappa shape index (κ3) is 5.50. The third-order valence-electron chi connectivity index (χ3n) is 1.44. The van der Waals surface area contributed by atoms with E-state index in [9.17, 15) is 0 Å². The van der Waals surface area contributed by atoms with Crippen LogP contribution >= 0.6 is 33.9 Å². The summed E-state index contributed by atoms with van der Waals surface area (Å²) >= 11 is 18.9. The van der Waals surface area contributed by atoms with Crippen molar-refractivity contribution in [3.8, 4) is 0 Å². The van der Waals surface area contributed by atoms with E-state index in [0.29, 0.717) is 0 Å². The summed E-state index contributed by atoms with van der Waals surface area (Å²) in [6.45, 7) is 12.5. The van der Waals surface area contributed by atoms with Gasteiger partial charge < -0.3 is 4.65 Å². The normalized spacial score (nSPS) is 18.4. The maximum Gasteiger partial charge on any atom is 0.303 e. The Hall–Kier alpha value is 1.44. The summed E-state index contributed by atoms with van der Waals surface area (Å²) in [5.74, 6) is 0. The van der Waals surface area contributed by atoms with Crippen molar-refractivity contribution in [3.05, 3.63) is 0 Å². The first-order valence-electron chi connectivity index (χ1n) is 4.49. The van der Waals surface area contributed by atoms with Gasteiger partial charge in [-0.25, -0.2) is 3.75 Å². The smallest absolute Gasteiger partial charge is 0.303 e. The van der Waals surface area contributed by atoms with E-state index in [2.05, 4.69) is 24.3 Å². The van der Waals surface area contributed by atoms with Crippen molar-refractivity contribution in [2.24, 2.45) is 0 Å². The zero-order chi connectivity index (χ0) is 11.8. The highest BCUT2D eigenvalue weighted by molar-refractivity contribution is 7.31. The van der Waals surface area contributed by atoms with Crippen molar-refractivity contribution >= 4 is 57.4 Å². The third-order valence-corrected chi connectivity index (χ3v) is 16.5. The van der Waals surface area contributed by atoms with Crippen LogP contribution in [0, 0.1) is 0 Å². The van der Waals surface area contributed by atoms with Gasteiger partial charge in [-0.1, -0.05) is 19.6 Å².